The summed E-state index contributed by atoms with van der Waals surface area (Å²) in [4.78, 5) is 33.1. The molecule has 1 aromatic carbocycles. The molecule has 106 valence electrons. The Bertz CT molecular complexity index is 510. The molecule has 6 heteroatoms. The van der Waals surface area contributed by atoms with Crippen molar-refractivity contribution in [1.82, 2.24) is 0 Å². The maximum absolute atomic E-state index is 11.7. The quantitative estimate of drug-likeness (QED) is 0.249. The second-order valence-electron chi connectivity index (χ2n) is 4.00. The van der Waals surface area contributed by atoms with Crippen LogP contribution in [0.5, 0.6) is 0 Å². The van der Waals surface area contributed by atoms with Gasteiger partial charge in [0.2, 0.25) is 5.78 Å². The van der Waals surface area contributed by atoms with Crippen molar-refractivity contribution in [1.29, 1.82) is 0 Å². The number of hydrogen-bond acceptors (Lipinski definition) is 5. The zero-order valence-electron chi connectivity index (χ0n) is 11.0. The molecule has 0 radical (unpaired) electrons. The van der Waals surface area contributed by atoms with Gasteiger partial charge < -0.3 is 4.74 Å². The van der Waals surface area contributed by atoms with Gasteiger partial charge in [-0.1, -0.05) is 43.3 Å². The van der Waals surface area contributed by atoms with Gasteiger partial charge in [0.05, 0.1) is 6.61 Å². The Balaban J connectivity index is 2.77. The predicted molar refractivity (Wildman–Crippen MR) is 72.5 cm³/mol. The van der Waals surface area contributed by atoms with Crippen LogP contribution in [0, 0.1) is 10.1 Å². The lowest BCUT2D eigenvalue weighted by atomic mass is 10.1. The second-order valence-corrected chi connectivity index (χ2v) is 4.00. The van der Waals surface area contributed by atoms with Crippen LogP contribution in [0.4, 0.5) is 0 Å². The van der Waals surface area contributed by atoms with Crippen molar-refractivity contribution in [2.45, 2.75) is 19.4 Å². The summed E-state index contributed by atoms with van der Waals surface area (Å²) in [6.45, 7) is 1.81. The SMILES string of the molecule is CCCOC(=O)C(C(=O)C=Cc1ccccc1)[N+](=O)[O-]. The molecule has 20 heavy (non-hydrogen) atoms. The Morgan fingerprint density at radius 3 is 2.55 bits per heavy atom. The average molecular weight is 277 g/mol. The first-order chi connectivity index (χ1) is 9.56. The van der Waals surface area contributed by atoms with E-state index in [-0.39, 0.29) is 6.61 Å². The Hall–Kier alpha value is -2.50. The van der Waals surface area contributed by atoms with Gasteiger partial charge in [-0.2, -0.15) is 0 Å². The van der Waals surface area contributed by atoms with E-state index in [4.69, 9.17) is 0 Å². The van der Waals surface area contributed by atoms with Crippen molar-refractivity contribution in [2.75, 3.05) is 6.61 Å². The summed E-state index contributed by atoms with van der Waals surface area (Å²) in [6.07, 6.45) is 2.98. The second kappa shape index (κ2) is 7.83. The number of nitro groups is 1. The molecule has 1 unspecified atom stereocenters. The first kappa shape index (κ1) is 15.6. The normalized spacial score (nSPS) is 12.1. The van der Waals surface area contributed by atoms with Gasteiger partial charge in [-0.05, 0) is 18.1 Å². The summed E-state index contributed by atoms with van der Waals surface area (Å²) in [5.74, 6) is -2.03. The molecule has 0 spiro atoms. The number of esters is 1. The van der Waals surface area contributed by atoms with E-state index < -0.39 is 22.7 Å². The number of hydrogen-bond donors (Lipinski definition) is 0. The third kappa shape index (κ3) is 4.64. The third-order valence-electron chi connectivity index (χ3n) is 2.39. The molecular formula is C14H15NO5. The minimum absolute atomic E-state index is 0.0544. The number of benzene rings is 1. The van der Waals surface area contributed by atoms with Crippen LogP contribution >= 0.6 is 0 Å². The number of ketones is 1. The molecular weight excluding hydrogens is 262 g/mol. The van der Waals surface area contributed by atoms with Crippen LogP contribution in [0.1, 0.15) is 18.9 Å². The number of carbonyl (C=O) groups excluding carboxylic acids is 2. The monoisotopic (exact) mass is 277 g/mol. The molecule has 0 saturated carbocycles. The third-order valence-corrected chi connectivity index (χ3v) is 2.39. The van der Waals surface area contributed by atoms with Crippen LogP contribution in [0.2, 0.25) is 0 Å². The van der Waals surface area contributed by atoms with Crippen molar-refractivity contribution in [2.24, 2.45) is 0 Å². The summed E-state index contributed by atoms with van der Waals surface area (Å²) in [5, 5.41) is 10.8. The molecule has 0 amide bonds. The molecule has 1 atom stereocenters. The fourth-order valence-electron chi connectivity index (χ4n) is 1.42. The van der Waals surface area contributed by atoms with Crippen LogP contribution in [0.15, 0.2) is 36.4 Å². The molecule has 0 heterocycles. The van der Waals surface area contributed by atoms with Crippen LogP contribution in [0.25, 0.3) is 6.08 Å². The fourth-order valence-corrected chi connectivity index (χ4v) is 1.42. The average Bonchev–Trinajstić information content (AvgIpc) is 2.43. The fraction of sp³-hybridized carbons (Fsp3) is 0.286. The van der Waals surface area contributed by atoms with E-state index in [1.165, 1.54) is 6.08 Å². The zero-order valence-corrected chi connectivity index (χ0v) is 11.0. The van der Waals surface area contributed by atoms with E-state index in [0.717, 1.165) is 6.08 Å². The van der Waals surface area contributed by atoms with Gasteiger partial charge in [0.15, 0.2) is 0 Å². The first-order valence-electron chi connectivity index (χ1n) is 6.13. The highest BCUT2D eigenvalue weighted by molar-refractivity contribution is 6.09. The van der Waals surface area contributed by atoms with Crippen LogP contribution in [0.3, 0.4) is 0 Å². The largest absolute Gasteiger partial charge is 0.460 e. The number of rotatable bonds is 7. The lowest BCUT2D eigenvalue weighted by Crippen LogP contribution is -2.38. The highest BCUT2D eigenvalue weighted by Gasteiger charge is 2.37. The van der Waals surface area contributed by atoms with Crippen molar-refractivity contribution in [3.63, 3.8) is 0 Å². The Kier molecular flexibility index (Phi) is 6.09. The molecule has 6 nitrogen and oxygen atoms in total. The number of ether oxygens (including phenoxy) is 1. The Morgan fingerprint density at radius 2 is 2.00 bits per heavy atom. The van der Waals surface area contributed by atoms with E-state index in [9.17, 15) is 19.7 Å². The first-order valence-corrected chi connectivity index (χ1v) is 6.13. The maximum atomic E-state index is 11.7. The summed E-state index contributed by atoms with van der Waals surface area (Å²) in [7, 11) is 0. The maximum Gasteiger partial charge on any atom is 0.390 e. The zero-order chi connectivity index (χ0) is 15.0. The molecule has 1 rings (SSSR count). The minimum Gasteiger partial charge on any atom is -0.460 e. The molecule has 0 aromatic heterocycles. The number of carbonyl (C=O) groups is 2. The molecule has 0 aliphatic rings. The summed E-state index contributed by atoms with van der Waals surface area (Å²) in [6, 6.07) is 6.82. The lowest BCUT2D eigenvalue weighted by Gasteiger charge is -2.06. The van der Waals surface area contributed by atoms with Gasteiger partial charge in [0.25, 0.3) is 0 Å². The summed E-state index contributed by atoms with van der Waals surface area (Å²) < 4.78 is 4.65. The van der Waals surface area contributed by atoms with Gasteiger partial charge in [-0.3, -0.25) is 14.9 Å². The van der Waals surface area contributed by atoms with Crippen molar-refractivity contribution < 1.29 is 19.2 Å². The van der Waals surface area contributed by atoms with E-state index in [1.807, 2.05) is 0 Å². The molecule has 0 N–H and O–H groups in total. The molecule has 0 bridgehead atoms. The molecule has 0 fully saturated rings. The molecule has 0 aliphatic carbocycles. The van der Waals surface area contributed by atoms with Crippen molar-refractivity contribution >= 4 is 17.8 Å². The van der Waals surface area contributed by atoms with Gasteiger partial charge >= 0.3 is 12.0 Å². The minimum atomic E-state index is -2.00. The number of nitrogens with zero attached hydrogens (tertiary/aromatic N) is 1. The van der Waals surface area contributed by atoms with E-state index in [0.29, 0.717) is 12.0 Å². The molecule has 0 saturated heterocycles. The van der Waals surface area contributed by atoms with Crippen LogP contribution in [-0.2, 0) is 14.3 Å². The highest BCUT2D eigenvalue weighted by atomic mass is 16.6. The summed E-state index contributed by atoms with van der Waals surface area (Å²) in [5.41, 5.74) is 0.713. The Labute approximate surface area is 116 Å². The molecule has 1 aromatic rings. The predicted octanol–water partition coefficient (Wildman–Crippen LogP) is 1.87. The van der Waals surface area contributed by atoms with E-state index >= 15 is 0 Å². The van der Waals surface area contributed by atoms with E-state index in [1.54, 1.807) is 37.3 Å². The highest BCUT2D eigenvalue weighted by Crippen LogP contribution is 2.04. The van der Waals surface area contributed by atoms with Crippen LogP contribution in [-0.4, -0.2) is 29.3 Å². The van der Waals surface area contributed by atoms with Gasteiger partial charge in [-0.25, -0.2) is 4.79 Å². The lowest BCUT2D eigenvalue weighted by molar-refractivity contribution is -0.495. The van der Waals surface area contributed by atoms with E-state index in [2.05, 4.69) is 4.74 Å². The van der Waals surface area contributed by atoms with Gasteiger partial charge in [0.1, 0.15) is 0 Å². The summed E-state index contributed by atoms with van der Waals surface area (Å²) >= 11 is 0. The topological polar surface area (TPSA) is 86.5 Å². The van der Waals surface area contributed by atoms with Gasteiger partial charge in [0, 0.05) is 4.92 Å². The van der Waals surface area contributed by atoms with Gasteiger partial charge in [-0.15, -0.1) is 0 Å². The smallest absolute Gasteiger partial charge is 0.390 e. The van der Waals surface area contributed by atoms with Crippen LogP contribution < -0.4 is 0 Å². The van der Waals surface area contributed by atoms with Crippen molar-refractivity contribution in [3.8, 4) is 0 Å². The standard InChI is InChI=1S/C14H15NO5/c1-2-10-20-14(17)13(15(18)19)12(16)9-8-11-6-4-3-5-7-11/h3-9,13H,2,10H2,1H3. The molecule has 0 aliphatic heterocycles. The Morgan fingerprint density at radius 1 is 1.35 bits per heavy atom. The van der Waals surface area contributed by atoms with Crippen molar-refractivity contribution in [3.05, 3.63) is 52.1 Å².